The first kappa shape index (κ1) is 7.39. The monoisotopic (exact) mass is 183 g/mol. The minimum Gasteiger partial charge on any atom is -0.359 e. The average molecular weight is 183 g/mol. The molecule has 0 amide bonds. The van der Waals surface area contributed by atoms with E-state index < -0.39 is 0 Å². The zero-order valence-corrected chi connectivity index (χ0v) is 7.90. The molecule has 2 atom stereocenters. The largest absolute Gasteiger partial charge is 0.359 e. The van der Waals surface area contributed by atoms with Crippen LogP contribution in [0.4, 0.5) is 0 Å². The van der Waals surface area contributed by atoms with Gasteiger partial charge in [-0.3, -0.25) is 4.99 Å². The van der Waals surface area contributed by atoms with Crippen molar-refractivity contribution in [3.63, 3.8) is 0 Å². The number of hydrogen-bond acceptors (Lipinski definition) is 3. The van der Waals surface area contributed by atoms with E-state index in [2.05, 4.69) is 4.99 Å². The van der Waals surface area contributed by atoms with Gasteiger partial charge in [0.1, 0.15) is 10.6 Å². The topological polar surface area (TPSA) is 24.9 Å². The molecule has 0 bridgehead atoms. The fourth-order valence-electron chi connectivity index (χ4n) is 2.34. The number of epoxide rings is 1. The molecule has 2 unspecified atom stereocenters. The molecule has 0 aromatic rings. The SMILES string of the molecule is C1CCC2(C3=NCCS3)OC2C1. The summed E-state index contributed by atoms with van der Waals surface area (Å²) in [5, 5.41) is 1.31. The second kappa shape index (κ2) is 2.48. The van der Waals surface area contributed by atoms with Gasteiger partial charge in [-0.15, -0.1) is 11.8 Å². The Morgan fingerprint density at radius 1 is 1.50 bits per heavy atom. The number of thioether (sulfide) groups is 1. The lowest BCUT2D eigenvalue weighted by Gasteiger charge is -2.16. The molecule has 3 heteroatoms. The highest BCUT2D eigenvalue weighted by molar-refractivity contribution is 8.14. The predicted molar refractivity (Wildman–Crippen MR) is 50.8 cm³/mol. The van der Waals surface area contributed by atoms with Crippen molar-refractivity contribution in [3.05, 3.63) is 0 Å². The van der Waals surface area contributed by atoms with Gasteiger partial charge < -0.3 is 4.74 Å². The molecule has 0 N–H and O–H groups in total. The van der Waals surface area contributed by atoms with E-state index in [1.165, 1.54) is 36.5 Å². The summed E-state index contributed by atoms with van der Waals surface area (Å²) in [7, 11) is 0. The molecule has 2 nitrogen and oxygen atoms in total. The first-order valence-corrected chi connectivity index (χ1v) is 5.76. The first-order valence-electron chi connectivity index (χ1n) is 4.77. The van der Waals surface area contributed by atoms with Crippen LogP contribution in [0.5, 0.6) is 0 Å². The van der Waals surface area contributed by atoms with Gasteiger partial charge in [-0.1, -0.05) is 6.42 Å². The van der Waals surface area contributed by atoms with Gasteiger partial charge in [0, 0.05) is 12.3 Å². The number of rotatable bonds is 1. The highest BCUT2D eigenvalue weighted by Crippen LogP contribution is 2.51. The Morgan fingerprint density at radius 2 is 2.50 bits per heavy atom. The van der Waals surface area contributed by atoms with Crippen LogP contribution in [0.15, 0.2) is 4.99 Å². The van der Waals surface area contributed by atoms with Crippen molar-refractivity contribution in [3.8, 4) is 0 Å². The minimum atomic E-state index is 0.138. The molecule has 2 heterocycles. The van der Waals surface area contributed by atoms with Gasteiger partial charge in [0.15, 0.2) is 0 Å². The van der Waals surface area contributed by atoms with Crippen molar-refractivity contribution in [2.45, 2.75) is 37.4 Å². The smallest absolute Gasteiger partial charge is 0.142 e. The number of aliphatic imine (C=N–C) groups is 1. The van der Waals surface area contributed by atoms with Gasteiger partial charge in [0.05, 0.1) is 6.10 Å². The molecule has 0 aromatic heterocycles. The fraction of sp³-hybridized carbons (Fsp3) is 0.889. The van der Waals surface area contributed by atoms with Gasteiger partial charge in [-0.25, -0.2) is 0 Å². The van der Waals surface area contributed by atoms with Crippen LogP contribution in [0.2, 0.25) is 0 Å². The molecule has 1 saturated carbocycles. The van der Waals surface area contributed by atoms with E-state index in [1.807, 2.05) is 11.8 Å². The first-order chi connectivity index (χ1) is 5.92. The van der Waals surface area contributed by atoms with E-state index in [9.17, 15) is 0 Å². The van der Waals surface area contributed by atoms with Crippen LogP contribution >= 0.6 is 11.8 Å². The van der Waals surface area contributed by atoms with Gasteiger partial charge in [0.2, 0.25) is 0 Å². The summed E-state index contributed by atoms with van der Waals surface area (Å²) in [6, 6.07) is 0. The van der Waals surface area contributed by atoms with Crippen LogP contribution < -0.4 is 0 Å². The van der Waals surface area contributed by atoms with Crippen molar-refractivity contribution in [2.24, 2.45) is 4.99 Å². The van der Waals surface area contributed by atoms with Crippen molar-refractivity contribution in [1.29, 1.82) is 0 Å². The lowest BCUT2D eigenvalue weighted by molar-refractivity contribution is 0.344. The number of fused-ring (bicyclic) bond motifs is 1. The van der Waals surface area contributed by atoms with Gasteiger partial charge >= 0.3 is 0 Å². The second-order valence-electron chi connectivity index (χ2n) is 3.78. The van der Waals surface area contributed by atoms with Gasteiger partial charge in [-0.05, 0) is 19.3 Å². The average Bonchev–Trinajstić information content (AvgIpc) is 2.59. The van der Waals surface area contributed by atoms with E-state index in [1.54, 1.807) is 0 Å². The summed E-state index contributed by atoms with van der Waals surface area (Å²) in [5.74, 6) is 1.17. The Balaban J connectivity index is 1.83. The predicted octanol–water partition coefficient (Wildman–Crippen LogP) is 1.84. The second-order valence-corrected chi connectivity index (χ2v) is 4.86. The number of hydrogen-bond donors (Lipinski definition) is 0. The highest BCUT2D eigenvalue weighted by atomic mass is 32.2. The zero-order valence-electron chi connectivity index (χ0n) is 7.08. The van der Waals surface area contributed by atoms with E-state index in [0.29, 0.717) is 6.10 Å². The maximum Gasteiger partial charge on any atom is 0.142 e. The summed E-state index contributed by atoms with van der Waals surface area (Å²) < 4.78 is 5.80. The minimum absolute atomic E-state index is 0.138. The molecule has 0 radical (unpaired) electrons. The van der Waals surface area contributed by atoms with Crippen LogP contribution in [0, 0.1) is 0 Å². The summed E-state index contributed by atoms with van der Waals surface area (Å²) in [4.78, 5) is 4.53. The maximum atomic E-state index is 5.80. The van der Waals surface area contributed by atoms with Gasteiger partial charge in [0.25, 0.3) is 0 Å². The van der Waals surface area contributed by atoms with Crippen molar-refractivity contribution >= 4 is 16.8 Å². The molecule has 0 spiro atoms. The molecule has 0 aromatic carbocycles. The van der Waals surface area contributed by atoms with Crippen LogP contribution in [0.1, 0.15) is 25.7 Å². The Morgan fingerprint density at radius 3 is 3.25 bits per heavy atom. The lowest BCUT2D eigenvalue weighted by Crippen LogP contribution is -2.26. The molecule has 12 heavy (non-hydrogen) atoms. The van der Waals surface area contributed by atoms with Crippen LogP contribution in [0.25, 0.3) is 0 Å². The normalized spacial score (nSPS) is 45.3. The third-order valence-corrected chi connectivity index (χ3v) is 4.16. The summed E-state index contributed by atoms with van der Waals surface area (Å²) in [6.45, 7) is 1.01. The molecular formula is C9H13NOS. The number of nitrogens with zero attached hydrogens (tertiary/aromatic N) is 1. The van der Waals surface area contributed by atoms with Crippen LogP contribution in [0.3, 0.4) is 0 Å². The van der Waals surface area contributed by atoms with Gasteiger partial charge in [-0.2, -0.15) is 0 Å². The lowest BCUT2D eigenvalue weighted by atomic mass is 9.90. The van der Waals surface area contributed by atoms with Crippen LogP contribution in [-0.4, -0.2) is 29.0 Å². The molecular weight excluding hydrogens is 170 g/mol. The standard InChI is InChI=1S/C9H13NOS/c1-2-4-9(7(3-1)11-9)8-10-5-6-12-8/h7H,1-6H2. The quantitative estimate of drug-likeness (QED) is 0.579. The highest BCUT2D eigenvalue weighted by Gasteiger charge is 2.61. The van der Waals surface area contributed by atoms with Crippen molar-refractivity contribution in [2.75, 3.05) is 12.3 Å². The Hall–Kier alpha value is -0.0200. The van der Waals surface area contributed by atoms with E-state index in [0.717, 1.165) is 6.54 Å². The third-order valence-electron chi connectivity index (χ3n) is 3.03. The Bertz CT molecular complexity index is 241. The summed E-state index contributed by atoms with van der Waals surface area (Å²) in [6.07, 6.45) is 5.71. The Kier molecular flexibility index (Phi) is 1.53. The van der Waals surface area contributed by atoms with Crippen molar-refractivity contribution in [1.82, 2.24) is 0 Å². The third kappa shape index (κ3) is 0.895. The molecule has 3 aliphatic rings. The Labute approximate surface area is 76.8 Å². The van der Waals surface area contributed by atoms with Crippen molar-refractivity contribution < 1.29 is 4.74 Å². The maximum absolute atomic E-state index is 5.80. The van der Waals surface area contributed by atoms with E-state index >= 15 is 0 Å². The van der Waals surface area contributed by atoms with E-state index in [-0.39, 0.29) is 5.60 Å². The molecule has 3 rings (SSSR count). The summed E-state index contributed by atoms with van der Waals surface area (Å²) in [5.41, 5.74) is 0.138. The zero-order chi connectivity index (χ0) is 8.02. The molecule has 66 valence electrons. The molecule has 1 aliphatic carbocycles. The molecule has 2 fully saturated rings. The molecule has 2 aliphatic heterocycles. The van der Waals surface area contributed by atoms with E-state index in [4.69, 9.17) is 4.74 Å². The number of ether oxygens (including phenoxy) is 1. The summed E-state index contributed by atoms with van der Waals surface area (Å²) >= 11 is 1.91. The molecule has 1 saturated heterocycles. The van der Waals surface area contributed by atoms with Crippen LogP contribution in [-0.2, 0) is 4.74 Å². The fourth-order valence-corrected chi connectivity index (χ4v) is 3.42.